The molecule has 0 atom stereocenters. The molecule has 1 aromatic heterocycles. The molecule has 5 rings (SSSR count). The fraction of sp³-hybridized carbons (Fsp3) is 0.185. The number of anilines is 1. The van der Waals surface area contributed by atoms with Crippen molar-refractivity contribution >= 4 is 27.5 Å². The van der Waals surface area contributed by atoms with E-state index >= 15 is 0 Å². The van der Waals surface area contributed by atoms with Crippen molar-refractivity contribution in [1.82, 2.24) is 9.88 Å². The number of rotatable bonds is 5. The second-order valence-corrected chi connectivity index (χ2v) is 8.95. The van der Waals surface area contributed by atoms with Crippen LogP contribution in [-0.4, -0.2) is 49.1 Å². The molecule has 34 heavy (non-hydrogen) atoms. The molecule has 7 heteroatoms. The second-order valence-electron chi connectivity index (χ2n) is 8.04. The number of benzene rings is 3. The maximum absolute atomic E-state index is 13.5. The first kappa shape index (κ1) is 22.2. The average Bonchev–Trinajstić information content (AvgIpc) is 3.39. The van der Waals surface area contributed by atoms with Gasteiger partial charge < -0.3 is 19.0 Å². The Bertz CT molecular complexity index is 1310. The van der Waals surface area contributed by atoms with Gasteiger partial charge in [-0.25, -0.2) is 4.98 Å². The smallest absolute Gasteiger partial charge is 0.254 e. The van der Waals surface area contributed by atoms with Gasteiger partial charge in [0, 0.05) is 41.8 Å². The van der Waals surface area contributed by atoms with E-state index in [9.17, 15) is 4.79 Å². The van der Waals surface area contributed by atoms with Crippen molar-refractivity contribution in [3.05, 3.63) is 89.0 Å². The lowest BCUT2D eigenvalue weighted by Crippen LogP contribution is -2.49. The quantitative estimate of drug-likeness (QED) is 0.337. The number of amides is 1. The number of halogens is 1. The molecule has 1 fully saturated rings. The van der Waals surface area contributed by atoms with Gasteiger partial charge in [0.1, 0.15) is 5.75 Å². The third kappa shape index (κ3) is 4.43. The number of piperazine rings is 1. The molecule has 1 aliphatic heterocycles. The average molecular weight is 518 g/mol. The highest BCUT2D eigenvalue weighted by molar-refractivity contribution is 9.10. The highest BCUT2D eigenvalue weighted by Crippen LogP contribution is 2.31. The van der Waals surface area contributed by atoms with Crippen LogP contribution >= 0.6 is 15.9 Å². The number of hydrogen-bond donors (Lipinski definition) is 0. The van der Waals surface area contributed by atoms with E-state index in [0.717, 1.165) is 34.6 Å². The summed E-state index contributed by atoms with van der Waals surface area (Å²) < 4.78 is 12.5. The van der Waals surface area contributed by atoms with Gasteiger partial charge in [0.25, 0.3) is 5.91 Å². The number of para-hydroxylation sites is 2. The number of hydrogen-bond acceptors (Lipinski definition) is 5. The van der Waals surface area contributed by atoms with Gasteiger partial charge in [-0.2, -0.15) is 0 Å². The third-order valence-electron chi connectivity index (χ3n) is 6.00. The first-order valence-electron chi connectivity index (χ1n) is 11.1. The number of nitrogens with zero attached hydrogens (tertiary/aromatic N) is 3. The molecule has 0 N–H and O–H groups in total. The van der Waals surface area contributed by atoms with Crippen molar-refractivity contribution in [2.45, 2.75) is 0 Å². The minimum atomic E-state index is -0.0162. The maximum atomic E-state index is 13.5. The molecule has 1 saturated heterocycles. The van der Waals surface area contributed by atoms with Crippen molar-refractivity contribution in [2.75, 3.05) is 38.2 Å². The molecule has 0 spiro atoms. The van der Waals surface area contributed by atoms with Gasteiger partial charge in [-0.1, -0.05) is 52.3 Å². The van der Waals surface area contributed by atoms with E-state index in [-0.39, 0.29) is 5.91 Å². The van der Waals surface area contributed by atoms with Gasteiger partial charge in [-0.3, -0.25) is 4.79 Å². The van der Waals surface area contributed by atoms with Gasteiger partial charge >= 0.3 is 0 Å². The molecular formula is C27H24BrN3O3. The van der Waals surface area contributed by atoms with Crippen molar-refractivity contribution in [3.8, 4) is 28.5 Å². The molecule has 6 nitrogen and oxygen atoms in total. The van der Waals surface area contributed by atoms with Gasteiger partial charge in [-0.15, -0.1) is 0 Å². The highest BCUT2D eigenvalue weighted by atomic mass is 79.9. The van der Waals surface area contributed by atoms with E-state index in [1.54, 1.807) is 13.3 Å². The van der Waals surface area contributed by atoms with Gasteiger partial charge in [-0.05, 0) is 36.4 Å². The van der Waals surface area contributed by atoms with Crippen LogP contribution in [0.5, 0.6) is 5.75 Å². The minimum Gasteiger partial charge on any atom is -0.495 e. The number of carbonyl (C=O) groups excluding carboxylic acids is 1. The van der Waals surface area contributed by atoms with Crippen LogP contribution in [0.15, 0.2) is 87.9 Å². The number of methoxy groups -OCH3 is 1. The second kappa shape index (κ2) is 9.73. The highest BCUT2D eigenvalue weighted by Gasteiger charge is 2.26. The van der Waals surface area contributed by atoms with Crippen molar-refractivity contribution in [3.63, 3.8) is 0 Å². The molecule has 0 saturated carbocycles. The molecule has 4 aromatic rings. The van der Waals surface area contributed by atoms with Crippen LogP contribution in [-0.2, 0) is 0 Å². The summed E-state index contributed by atoms with van der Waals surface area (Å²) in [4.78, 5) is 22.1. The Labute approximate surface area is 206 Å². The summed E-state index contributed by atoms with van der Waals surface area (Å²) >= 11 is 3.49. The standard InChI is InChI=1S/C27H24BrN3O3/c1-33-24-12-5-4-11-23(24)30-13-15-31(16-14-30)27(32)22-10-3-2-9-21(22)26-29-18-25(34-26)19-7-6-8-20(28)17-19/h2-12,17-18H,13-16H2,1H3. The molecule has 2 heterocycles. The predicted octanol–water partition coefficient (Wildman–Crippen LogP) is 5.74. The Morgan fingerprint density at radius 3 is 2.53 bits per heavy atom. The van der Waals surface area contributed by atoms with Crippen LogP contribution < -0.4 is 9.64 Å². The summed E-state index contributed by atoms with van der Waals surface area (Å²) in [5, 5.41) is 0. The zero-order chi connectivity index (χ0) is 23.5. The summed E-state index contributed by atoms with van der Waals surface area (Å²) in [5.74, 6) is 1.92. The molecule has 0 bridgehead atoms. The third-order valence-corrected chi connectivity index (χ3v) is 6.49. The summed E-state index contributed by atoms with van der Waals surface area (Å²) in [7, 11) is 1.68. The lowest BCUT2D eigenvalue weighted by atomic mass is 10.1. The number of carbonyl (C=O) groups is 1. The van der Waals surface area contributed by atoms with E-state index < -0.39 is 0 Å². The minimum absolute atomic E-state index is 0.0162. The zero-order valence-corrected chi connectivity index (χ0v) is 20.4. The normalized spacial score (nSPS) is 13.7. The summed E-state index contributed by atoms with van der Waals surface area (Å²) in [6.07, 6.45) is 1.70. The van der Waals surface area contributed by atoms with Gasteiger partial charge in [0.15, 0.2) is 5.76 Å². The van der Waals surface area contributed by atoms with E-state index in [0.29, 0.717) is 35.9 Å². The van der Waals surface area contributed by atoms with Crippen molar-refractivity contribution < 1.29 is 13.9 Å². The molecular weight excluding hydrogens is 494 g/mol. The summed E-state index contributed by atoms with van der Waals surface area (Å²) in [6.45, 7) is 2.72. The van der Waals surface area contributed by atoms with Crippen LogP contribution in [0.4, 0.5) is 5.69 Å². The molecule has 0 radical (unpaired) electrons. The van der Waals surface area contributed by atoms with Crippen LogP contribution in [0.2, 0.25) is 0 Å². The van der Waals surface area contributed by atoms with Crippen molar-refractivity contribution in [2.24, 2.45) is 0 Å². The fourth-order valence-corrected chi connectivity index (χ4v) is 4.64. The Morgan fingerprint density at radius 2 is 1.74 bits per heavy atom. The molecule has 1 amide bonds. The first-order chi connectivity index (χ1) is 16.6. The topological polar surface area (TPSA) is 58.8 Å². The van der Waals surface area contributed by atoms with E-state index in [1.807, 2.05) is 71.6 Å². The molecule has 0 aliphatic carbocycles. The predicted molar refractivity (Wildman–Crippen MR) is 136 cm³/mol. The maximum Gasteiger partial charge on any atom is 0.254 e. The first-order valence-corrected chi connectivity index (χ1v) is 11.9. The largest absolute Gasteiger partial charge is 0.495 e. The Balaban J connectivity index is 1.35. The molecule has 1 aliphatic rings. The zero-order valence-electron chi connectivity index (χ0n) is 18.8. The SMILES string of the molecule is COc1ccccc1N1CCN(C(=O)c2ccccc2-c2ncc(-c3cccc(Br)c3)o2)CC1. The summed E-state index contributed by atoms with van der Waals surface area (Å²) in [6, 6.07) is 23.3. The lowest BCUT2D eigenvalue weighted by Gasteiger charge is -2.36. The van der Waals surface area contributed by atoms with Gasteiger partial charge in [0.2, 0.25) is 5.89 Å². The van der Waals surface area contributed by atoms with E-state index in [4.69, 9.17) is 9.15 Å². The Kier molecular flexibility index (Phi) is 6.36. The Hall–Kier alpha value is -3.58. The lowest BCUT2D eigenvalue weighted by molar-refractivity contribution is 0.0747. The van der Waals surface area contributed by atoms with E-state index in [2.05, 4.69) is 31.9 Å². The van der Waals surface area contributed by atoms with Crippen LogP contribution in [0.25, 0.3) is 22.8 Å². The van der Waals surface area contributed by atoms with Crippen LogP contribution in [0, 0.1) is 0 Å². The van der Waals surface area contributed by atoms with Gasteiger partial charge in [0.05, 0.1) is 24.6 Å². The number of ether oxygens (including phenoxy) is 1. The monoisotopic (exact) mass is 517 g/mol. The fourth-order valence-electron chi connectivity index (χ4n) is 4.24. The van der Waals surface area contributed by atoms with E-state index in [1.165, 1.54) is 0 Å². The van der Waals surface area contributed by atoms with Crippen LogP contribution in [0.3, 0.4) is 0 Å². The molecule has 3 aromatic carbocycles. The Morgan fingerprint density at radius 1 is 0.971 bits per heavy atom. The van der Waals surface area contributed by atoms with Crippen LogP contribution in [0.1, 0.15) is 10.4 Å². The molecule has 0 unspecified atom stereocenters. The summed E-state index contributed by atoms with van der Waals surface area (Å²) in [5.41, 5.74) is 3.26. The molecule has 172 valence electrons. The number of oxazole rings is 1. The van der Waals surface area contributed by atoms with Crippen molar-refractivity contribution in [1.29, 1.82) is 0 Å². The number of aromatic nitrogens is 1.